The predicted octanol–water partition coefficient (Wildman–Crippen LogP) is 8.67. The highest BCUT2D eigenvalue weighted by Gasteiger charge is 2.38. The number of nitrogens with zero attached hydrogens (tertiary/aromatic N) is 2. The predicted molar refractivity (Wildman–Crippen MR) is 164 cm³/mol. The van der Waals surface area contributed by atoms with Gasteiger partial charge in [-0.05, 0) is 92.1 Å². The zero-order chi connectivity index (χ0) is 27.2. The molecular weight excluding hydrogens is 572 g/mol. The van der Waals surface area contributed by atoms with E-state index >= 15 is 0 Å². The molecule has 2 aliphatic rings. The molecule has 0 bridgehead atoms. The highest BCUT2D eigenvalue weighted by atomic mass is 79.9. The number of thioether (sulfide) groups is 1. The van der Waals surface area contributed by atoms with Crippen molar-refractivity contribution in [2.45, 2.75) is 58.6 Å². The van der Waals surface area contributed by atoms with Crippen LogP contribution in [0.1, 0.15) is 55.7 Å². The fraction of sp³-hybridized carbons (Fsp3) is 0.312. The first-order valence-corrected chi connectivity index (χ1v) is 15.1. The molecule has 1 aliphatic heterocycles. The van der Waals surface area contributed by atoms with Crippen LogP contribution in [-0.4, -0.2) is 28.6 Å². The minimum absolute atomic E-state index is 0.0336. The Morgan fingerprint density at radius 2 is 1.72 bits per heavy atom. The van der Waals surface area contributed by atoms with Crippen LogP contribution < -0.4 is 9.47 Å². The van der Waals surface area contributed by atoms with Gasteiger partial charge in [0.25, 0.3) is 5.91 Å². The van der Waals surface area contributed by atoms with Gasteiger partial charge >= 0.3 is 0 Å². The van der Waals surface area contributed by atoms with Crippen LogP contribution in [-0.2, 0) is 11.4 Å². The van der Waals surface area contributed by atoms with Crippen molar-refractivity contribution in [3.63, 3.8) is 0 Å². The fourth-order valence-corrected chi connectivity index (χ4v) is 6.17. The second kappa shape index (κ2) is 12.9. The number of aliphatic imine (C=N–C) groups is 1. The number of ether oxygens (including phenoxy) is 2. The Kier molecular flexibility index (Phi) is 9.09. The molecule has 3 aromatic rings. The molecule has 0 atom stereocenters. The van der Waals surface area contributed by atoms with E-state index in [1.165, 1.54) is 23.7 Å². The summed E-state index contributed by atoms with van der Waals surface area (Å²) in [5, 5.41) is 0.765. The molecular formula is C32H33BrN2O3S. The largest absolute Gasteiger partial charge is 0.490 e. The van der Waals surface area contributed by atoms with E-state index in [4.69, 9.17) is 14.5 Å². The van der Waals surface area contributed by atoms with Crippen LogP contribution in [0.5, 0.6) is 11.5 Å². The number of hydrogen-bond donors (Lipinski definition) is 0. The Bertz CT molecular complexity index is 1360. The summed E-state index contributed by atoms with van der Waals surface area (Å²) in [5.74, 6) is 1.38. The summed E-state index contributed by atoms with van der Waals surface area (Å²) >= 11 is 4.93. The summed E-state index contributed by atoms with van der Waals surface area (Å²) < 4.78 is 13.0. The average Bonchev–Trinajstić information content (AvgIpc) is 3.25. The molecule has 5 nitrogen and oxygen atoms in total. The SMILES string of the molecule is CCOc1cc(/C=C2/SC(=Nc3ccc(C)cc3)N(C3CCCCC3)C2=O)ccc1OCc1ccc(Br)cc1. The number of amides is 1. The second-order valence-corrected chi connectivity index (χ2v) is 11.8. The van der Waals surface area contributed by atoms with E-state index in [9.17, 15) is 4.79 Å². The minimum atomic E-state index is 0.0336. The van der Waals surface area contributed by atoms with Crippen molar-refractivity contribution in [2.75, 3.05) is 6.61 Å². The van der Waals surface area contributed by atoms with Crippen LogP contribution in [0.15, 0.2) is 81.1 Å². The maximum Gasteiger partial charge on any atom is 0.267 e. The van der Waals surface area contributed by atoms with E-state index in [1.807, 2.05) is 72.5 Å². The number of halogens is 1. The Labute approximate surface area is 243 Å². The quantitative estimate of drug-likeness (QED) is 0.241. The van der Waals surface area contributed by atoms with Crippen LogP contribution in [0.25, 0.3) is 6.08 Å². The van der Waals surface area contributed by atoms with Gasteiger partial charge in [-0.15, -0.1) is 0 Å². The van der Waals surface area contributed by atoms with Gasteiger partial charge in [0, 0.05) is 10.5 Å². The molecule has 3 aromatic carbocycles. The lowest BCUT2D eigenvalue weighted by atomic mass is 9.94. The van der Waals surface area contributed by atoms with E-state index in [2.05, 4.69) is 35.0 Å². The maximum absolute atomic E-state index is 13.7. The molecule has 0 radical (unpaired) electrons. The third kappa shape index (κ3) is 6.95. The molecule has 1 amide bonds. The summed E-state index contributed by atoms with van der Waals surface area (Å²) in [5.41, 5.74) is 4.02. The van der Waals surface area contributed by atoms with E-state index in [0.29, 0.717) is 29.6 Å². The molecule has 1 heterocycles. The lowest BCUT2D eigenvalue weighted by molar-refractivity contribution is -0.124. The standard InChI is InChI=1S/C32H33BrN2O3S/c1-3-37-29-19-24(13-18-28(29)38-21-23-11-14-25(33)15-12-23)20-30-31(36)35(27-7-5-4-6-8-27)32(39-30)34-26-16-9-22(2)10-17-26/h9-20,27H,3-8,21H2,1-2H3/b30-20+,34-32?. The van der Waals surface area contributed by atoms with Gasteiger partial charge in [-0.3, -0.25) is 9.69 Å². The molecule has 5 rings (SSSR count). The number of hydrogen-bond acceptors (Lipinski definition) is 5. The second-order valence-electron chi connectivity index (χ2n) is 9.86. The maximum atomic E-state index is 13.7. The van der Waals surface area contributed by atoms with E-state index in [0.717, 1.165) is 52.1 Å². The number of carbonyl (C=O) groups is 1. The smallest absolute Gasteiger partial charge is 0.267 e. The zero-order valence-electron chi connectivity index (χ0n) is 22.4. The van der Waals surface area contributed by atoms with Crippen molar-refractivity contribution < 1.29 is 14.3 Å². The molecule has 1 aliphatic carbocycles. The Balaban J connectivity index is 1.40. The van der Waals surface area contributed by atoms with Crippen LogP contribution in [0.4, 0.5) is 5.69 Å². The highest BCUT2D eigenvalue weighted by molar-refractivity contribution is 9.10. The van der Waals surface area contributed by atoms with Crippen molar-refractivity contribution in [1.82, 2.24) is 4.90 Å². The van der Waals surface area contributed by atoms with Crippen LogP contribution in [0.3, 0.4) is 0 Å². The number of amidine groups is 1. The summed E-state index contributed by atoms with van der Waals surface area (Å²) in [6.45, 7) is 4.98. The van der Waals surface area contributed by atoms with Gasteiger partial charge in [0.15, 0.2) is 16.7 Å². The monoisotopic (exact) mass is 604 g/mol. The number of rotatable bonds is 8. The van der Waals surface area contributed by atoms with Gasteiger partial charge in [0.05, 0.1) is 17.2 Å². The Hall–Kier alpha value is -3.03. The lowest BCUT2D eigenvalue weighted by Crippen LogP contribution is -2.40. The first-order valence-electron chi connectivity index (χ1n) is 13.5. The lowest BCUT2D eigenvalue weighted by Gasteiger charge is -2.30. The molecule has 7 heteroatoms. The van der Waals surface area contributed by atoms with Crippen molar-refractivity contribution >= 4 is 50.5 Å². The summed E-state index contributed by atoms with van der Waals surface area (Å²) in [7, 11) is 0. The van der Waals surface area contributed by atoms with Crippen LogP contribution in [0.2, 0.25) is 0 Å². The zero-order valence-corrected chi connectivity index (χ0v) is 24.8. The van der Waals surface area contributed by atoms with Gasteiger partial charge in [0.2, 0.25) is 0 Å². The van der Waals surface area contributed by atoms with Gasteiger partial charge in [-0.25, -0.2) is 4.99 Å². The third-order valence-electron chi connectivity index (χ3n) is 6.91. The first kappa shape index (κ1) is 27.5. The Morgan fingerprint density at radius 1 is 0.974 bits per heavy atom. The first-order chi connectivity index (χ1) is 19.0. The van der Waals surface area contributed by atoms with Crippen molar-refractivity contribution in [2.24, 2.45) is 4.99 Å². The van der Waals surface area contributed by atoms with Crippen LogP contribution in [0, 0.1) is 6.92 Å². The van der Waals surface area contributed by atoms with Gasteiger partial charge < -0.3 is 9.47 Å². The van der Waals surface area contributed by atoms with E-state index < -0.39 is 0 Å². The molecule has 39 heavy (non-hydrogen) atoms. The summed E-state index contributed by atoms with van der Waals surface area (Å²) in [6.07, 6.45) is 7.51. The van der Waals surface area contributed by atoms with Crippen LogP contribution >= 0.6 is 27.7 Å². The van der Waals surface area contributed by atoms with Crippen molar-refractivity contribution in [3.05, 3.63) is 92.8 Å². The number of benzene rings is 3. The number of aryl methyl sites for hydroxylation is 1. The summed E-state index contributed by atoms with van der Waals surface area (Å²) in [4.78, 5) is 21.3. The molecule has 0 aromatic heterocycles. The van der Waals surface area contributed by atoms with Crippen molar-refractivity contribution in [1.29, 1.82) is 0 Å². The minimum Gasteiger partial charge on any atom is -0.490 e. The molecule has 0 unspecified atom stereocenters. The third-order valence-corrected chi connectivity index (χ3v) is 8.42. The molecule has 2 fully saturated rings. The molecule has 202 valence electrons. The van der Waals surface area contributed by atoms with Gasteiger partial charge in [-0.1, -0.05) is 71.1 Å². The van der Waals surface area contributed by atoms with Gasteiger partial charge in [-0.2, -0.15) is 0 Å². The molecule has 0 spiro atoms. The van der Waals surface area contributed by atoms with Gasteiger partial charge in [0.1, 0.15) is 6.61 Å². The highest BCUT2D eigenvalue weighted by Crippen LogP contribution is 2.39. The Morgan fingerprint density at radius 3 is 2.44 bits per heavy atom. The molecule has 1 saturated carbocycles. The molecule has 0 N–H and O–H groups in total. The fourth-order valence-electron chi connectivity index (χ4n) is 4.85. The molecule has 1 saturated heterocycles. The van der Waals surface area contributed by atoms with Crippen molar-refractivity contribution in [3.8, 4) is 11.5 Å². The summed E-state index contributed by atoms with van der Waals surface area (Å²) in [6, 6.07) is 22.2. The van der Waals surface area contributed by atoms with E-state index in [-0.39, 0.29) is 11.9 Å². The normalized spacial score (nSPS) is 18.2. The van der Waals surface area contributed by atoms with E-state index in [1.54, 1.807) is 0 Å². The number of carbonyl (C=O) groups excluding carboxylic acids is 1. The average molecular weight is 606 g/mol. The topological polar surface area (TPSA) is 51.1 Å².